The van der Waals surface area contributed by atoms with Gasteiger partial charge in [-0.15, -0.1) is 0 Å². The van der Waals surface area contributed by atoms with E-state index < -0.39 is 0 Å². The van der Waals surface area contributed by atoms with Crippen LogP contribution in [0.25, 0.3) is 0 Å². The monoisotopic (exact) mass is 211 g/mol. The van der Waals surface area contributed by atoms with E-state index in [1.807, 2.05) is 0 Å². The van der Waals surface area contributed by atoms with Gasteiger partial charge in [-0.25, -0.2) is 0 Å². The standard InChI is InChI=1S/CH4.ClHIP/c;1-3-2/h1H4;3H/i1D;. The van der Waals surface area contributed by atoms with Crippen molar-refractivity contribution >= 4 is 38.9 Å². The van der Waals surface area contributed by atoms with Crippen molar-refractivity contribution in [2.45, 2.75) is 7.40 Å². The van der Waals surface area contributed by atoms with Crippen LogP contribution in [-0.4, -0.2) is 0 Å². The number of hydrogen-bond acceptors (Lipinski definition) is 0. The highest BCUT2D eigenvalue weighted by molar-refractivity contribution is 14.2. The maximum absolute atomic E-state index is 5.75. The molecule has 0 saturated carbocycles. The molecule has 0 aliphatic rings. The van der Waals surface area contributed by atoms with Crippen molar-refractivity contribution in [3.63, 3.8) is 0 Å². The predicted octanol–water partition coefficient (Wildman–Crippen LogP) is 2.80. The molecule has 1 unspecified atom stereocenters. The molecule has 0 aliphatic carbocycles. The van der Waals surface area contributed by atoms with Gasteiger partial charge >= 0.3 is 0 Å². The molecule has 4 heavy (non-hydrogen) atoms. The zero-order chi connectivity index (χ0) is 4.71. The number of halogens is 2. The Labute approximate surface area is 47.8 Å². The van der Waals surface area contributed by atoms with Gasteiger partial charge in [-0.2, -0.15) is 0 Å². The van der Waals surface area contributed by atoms with Crippen molar-refractivity contribution < 1.29 is 1.37 Å². The highest BCUT2D eigenvalue weighted by atomic mass is 127. The summed E-state index contributed by atoms with van der Waals surface area (Å²) < 4.78 is 5.75. The molecule has 0 nitrogen and oxygen atoms in total. The first kappa shape index (κ1) is 5.45. The van der Waals surface area contributed by atoms with Crippen LogP contribution >= 0.6 is 38.9 Å². The van der Waals surface area contributed by atoms with Gasteiger partial charge in [0.2, 0.25) is 0 Å². The second-order valence-electron chi connectivity index (χ2n) is 0.0714. The maximum atomic E-state index is 5.75. The van der Waals surface area contributed by atoms with Gasteiger partial charge in [-0.3, -0.25) is 0 Å². The molecule has 0 N–H and O–H groups in total. The van der Waals surface area contributed by atoms with Gasteiger partial charge in [0.15, 0.2) is 0 Å². The summed E-state index contributed by atoms with van der Waals surface area (Å²) in [6.07, 6.45) is 0. The molecule has 0 aromatic rings. The summed E-state index contributed by atoms with van der Waals surface area (Å²) in [5.41, 5.74) is 0.526. The van der Waals surface area contributed by atoms with E-state index in [0.717, 1.165) is 0 Å². The van der Waals surface area contributed by atoms with E-state index in [4.69, 9.17) is 12.6 Å². The molecule has 0 fully saturated rings. The highest BCUT2D eigenvalue weighted by Crippen LogP contribution is 2.24. The minimum Gasteiger partial charge on any atom is -0.0882 e. The average Bonchev–Trinajstić information content (AvgIpc) is 1.46. The van der Waals surface area contributed by atoms with E-state index in [9.17, 15) is 0 Å². The minimum absolute atomic E-state index is 0.526. The van der Waals surface area contributed by atoms with Crippen molar-refractivity contribution in [1.29, 1.82) is 0 Å². The minimum atomic E-state index is 0.526. The summed E-state index contributed by atoms with van der Waals surface area (Å²) in [6.45, 7) is 0. The SMILES string of the molecule is ClPI.[2H]C. The molecular formula is CH5ClIP. The summed E-state index contributed by atoms with van der Waals surface area (Å²) in [5.74, 6) is 0. The largest absolute Gasteiger partial charge is 0.0882 e. The molecule has 1 atom stereocenters. The molecule has 0 aromatic carbocycles. The highest BCUT2D eigenvalue weighted by Gasteiger charge is 1.40. The third kappa shape index (κ3) is 9.85. The zero-order valence-electron chi connectivity index (χ0n) is 3.26. The molecule has 0 aromatic heterocycles. The van der Waals surface area contributed by atoms with Gasteiger partial charge in [-0.05, 0) is 22.0 Å². The van der Waals surface area contributed by atoms with Crippen molar-refractivity contribution in [2.24, 2.45) is 0 Å². The van der Waals surface area contributed by atoms with E-state index in [0.29, 0.717) is 5.58 Å². The van der Waals surface area contributed by atoms with E-state index in [-0.39, 0.29) is 0 Å². The lowest BCUT2D eigenvalue weighted by Crippen LogP contribution is -0.593. The molecule has 0 amide bonds. The first-order valence-electron chi connectivity index (χ1n) is 1.38. The van der Waals surface area contributed by atoms with Gasteiger partial charge in [-0.1, -0.05) is 18.6 Å². The van der Waals surface area contributed by atoms with Crippen molar-refractivity contribution in [3.8, 4) is 0 Å². The number of hydrogen-bond donors (Lipinski definition) is 0. The van der Waals surface area contributed by atoms with Crippen molar-refractivity contribution in [3.05, 3.63) is 0 Å². The molecule has 0 bridgehead atoms. The lowest BCUT2D eigenvalue weighted by molar-refractivity contribution is 2.50. The fraction of sp³-hybridized carbons (Fsp3) is 1.00. The Morgan fingerprint density at radius 2 is 2.25 bits per heavy atom. The Kier molecular flexibility index (Phi) is 12.0. The van der Waals surface area contributed by atoms with Crippen LogP contribution < -0.4 is 0 Å². The summed E-state index contributed by atoms with van der Waals surface area (Å²) in [5, 5.41) is 0. The Bertz CT molecular complexity index is 11.6. The molecule has 0 aliphatic heterocycles. The fourth-order valence-electron chi connectivity index (χ4n) is 0. The van der Waals surface area contributed by atoms with Crippen LogP contribution in [0.2, 0.25) is 0 Å². The Morgan fingerprint density at radius 3 is 2.25 bits per heavy atom. The van der Waals surface area contributed by atoms with Crippen LogP contribution in [0.15, 0.2) is 0 Å². The smallest absolute Gasteiger partial charge is 0.0408 e. The maximum Gasteiger partial charge on any atom is 0.0408 e. The van der Waals surface area contributed by atoms with Crippen LogP contribution in [0.1, 0.15) is 8.77 Å². The topological polar surface area (TPSA) is 0 Å². The van der Waals surface area contributed by atoms with Crippen LogP contribution in [0.3, 0.4) is 0 Å². The molecule has 28 valence electrons. The molecule has 3 heteroatoms. The Balaban J connectivity index is 0. The van der Waals surface area contributed by atoms with E-state index in [1.165, 1.54) is 7.40 Å². The van der Waals surface area contributed by atoms with Crippen LogP contribution in [0.5, 0.6) is 0 Å². The molecule has 0 rings (SSSR count). The average molecular weight is 211 g/mol. The van der Waals surface area contributed by atoms with E-state index >= 15 is 0 Å². The molecule has 0 saturated heterocycles. The first-order valence-corrected chi connectivity index (χ1v) is 5.50. The van der Waals surface area contributed by atoms with Crippen LogP contribution in [0, 0.1) is 0 Å². The Hall–Kier alpha value is 1.45. The third-order valence-electron chi connectivity index (χ3n) is 0. The van der Waals surface area contributed by atoms with Gasteiger partial charge < -0.3 is 0 Å². The summed E-state index contributed by atoms with van der Waals surface area (Å²) >= 11 is 7.09. The number of rotatable bonds is 0. The van der Waals surface area contributed by atoms with Crippen molar-refractivity contribution in [1.82, 2.24) is 0 Å². The molecule has 0 spiro atoms. The zero-order valence-corrected chi connectivity index (χ0v) is 6.17. The summed E-state index contributed by atoms with van der Waals surface area (Å²) in [6, 6.07) is 0. The molecule has 0 radical (unpaired) electrons. The summed E-state index contributed by atoms with van der Waals surface area (Å²) in [4.78, 5) is 0. The van der Waals surface area contributed by atoms with Gasteiger partial charge in [0.25, 0.3) is 0 Å². The lowest BCUT2D eigenvalue weighted by Gasteiger charge is -1.43. The normalized spacial score (nSPS) is 9.25. The fourth-order valence-corrected chi connectivity index (χ4v) is 0. The molecule has 0 heterocycles. The summed E-state index contributed by atoms with van der Waals surface area (Å²) in [7, 11) is 1.25. The van der Waals surface area contributed by atoms with Crippen LogP contribution in [0.4, 0.5) is 0 Å². The van der Waals surface area contributed by atoms with Gasteiger partial charge in [0.05, 0.1) is 0 Å². The van der Waals surface area contributed by atoms with Gasteiger partial charge in [0, 0.05) is 6.95 Å². The second kappa shape index (κ2) is 8.82. The van der Waals surface area contributed by atoms with Crippen molar-refractivity contribution in [2.75, 3.05) is 0 Å². The van der Waals surface area contributed by atoms with Crippen LogP contribution in [-0.2, 0) is 0 Å². The Morgan fingerprint density at radius 1 is 2.25 bits per heavy atom. The third-order valence-corrected chi connectivity index (χ3v) is 0. The quantitative estimate of drug-likeness (QED) is 0.427. The van der Waals surface area contributed by atoms with Gasteiger partial charge in [0.1, 0.15) is 0 Å². The first-order chi connectivity index (χ1) is 2.41. The van der Waals surface area contributed by atoms with E-state index in [1.54, 1.807) is 0 Å². The van der Waals surface area contributed by atoms with E-state index in [2.05, 4.69) is 22.0 Å². The lowest BCUT2D eigenvalue weighted by atomic mass is 12.0. The molecular weight excluding hydrogens is 205 g/mol. The predicted molar refractivity (Wildman–Crippen MR) is 34.9 cm³/mol. The second-order valence-corrected chi connectivity index (χ2v) is 4.31.